The fourth-order valence-electron chi connectivity index (χ4n) is 2.66. The smallest absolute Gasteiger partial charge is 0.302 e. The third-order valence-electron chi connectivity index (χ3n) is 3.94. The Hall–Kier alpha value is -2.43. The van der Waals surface area contributed by atoms with E-state index in [2.05, 4.69) is 6.58 Å². The van der Waals surface area contributed by atoms with E-state index in [0.29, 0.717) is 13.2 Å². The summed E-state index contributed by atoms with van der Waals surface area (Å²) in [5, 5.41) is 0. The molecule has 0 heterocycles. The van der Waals surface area contributed by atoms with Crippen molar-refractivity contribution in [2.75, 3.05) is 0 Å². The number of esters is 1. The van der Waals surface area contributed by atoms with E-state index in [0.717, 1.165) is 11.1 Å². The highest BCUT2D eigenvalue weighted by Gasteiger charge is 2.29. The number of benzene rings is 2. The molecule has 0 aliphatic heterocycles. The predicted molar refractivity (Wildman–Crippen MR) is 101 cm³/mol. The van der Waals surface area contributed by atoms with Gasteiger partial charge in [-0.1, -0.05) is 66.7 Å². The van der Waals surface area contributed by atoms with E-state index >= 15 is 0 Å². The minimum absolute atomic E-state index is 0.350. The second-order valence-corrected chi connectivity index (χ2v) is 6.07. The number of carbonyl (C=O) groups is 1. The van der Waals surface area contributed by atoms with Crippen molar-refractivity contribution in [3.05, 3.63) is 84.4 Å². The largest absolute Gasteiger partial charge is 0.460 e. The third kappa shape index (κ3) is 6.47. The van der Waals surface area contributed by atoms with Gasteiger partial charge in [0.2, 0.25) is 0 Å². The first-order valence-corrected chi connectivity index (χ1v) is 8.71. The Labute approximate surface area is 155 Å². The molecule has 26 heavy (non-hydrogen) atoms. The van der Waals surface area contributed by atoms with Crippen molar-refractivity contribution in [3.8, 4) is 0 Å². The van der Waals surface area contributed by atoms with Gasteiger partial charge >= 0.3 is 5.97 Å². The van der Waals surface area contributed by atoms with Crippen LogP contribution in [0.4, 0.5) is 0 Å². The molecule has 0 aromatic heterocycles. The van der Waals surface area contributed by atoms with Gasteiger partial charge in [-0.2, -0.15) is 0 Å². The lowest BCUT2D eigenvalue weighted by molar-refractivity contribution is -0.163. The lowest BCUT2D eigenvalue weighted by atomic mass is 10.1. The highest BCUT2D eigenvalue weighted by molar-refractivity contribution is 5.66. The quantitative estimate of drug-likeness (QED) is 0.471. The topological polar surface area (TPSA) is 44.8 Å². The molecule has 4 nitrogen and oxygen atoms in total. The Bertz CT molecular complexity index is 669. The van der Waals surface area contributed by atoms with Crippen LogP contribution in [0.15, 0.2) is 73.3 Å². The lowest BCUT2D eigenvalue weighted by Crippen LogP contribution is -2.40. The van der Waals surface area contributed by atoms with Crippen molar-refractivity contribution in [2.24, 2.45) is 0 Å². The van der Waals surface area contributed by atoms with Crippen molar-refractivity contribution >= 4 is 5.97 Å². The van der Waals surface area contributed by atoms with Crippen LogP contribution in [0, 0.1) is 0 Å². The van der Waals surface area contributed by atoms with Crippen LogP contribution in [0.5, 0.6) is 0 Å². The van der Waals surface area contributed by atoms with Gasteiger partial charge in [-0.15, -0.1) is 6.58 Å². The van der Waals surface area contributed by atoms with Gasteiger partial charge in [-0.25, -0.2) is 0 Å². The van der Waals surface area contributed by atoms with Crippen LogP contribution >= 0.6 is 0 Å². The van der Waals surface area contributed by atoms with Gasteiger partial charge in [0.25, 0.3) is 0 Å². The highest BCUT2D eigenvalue weighted by atomic mass is 16.6. The summed E-state index contributed by atoms with van der Waals surface area (Å²) in [5.74, 6) is -0.350. The number of hydrogen-bond donors (Lipinski definition) is 0. The fraction of sp³-hybridized carbons (Fsp3) is 0.318. The van der Waals surface area contributed by atoms with E-state index in [9.17, 15) is 4.79 Å². The van der Waals surface area contributed by atoms with Gasteiger partial charge in [-0.05, 0) is 18.1 Å². The molecule has 0 N–H and O–H groups in total. The number of carbonyl (C=O) groups excluding carboxylic acids is 1. The maximum absolute atomic E-state index is 11.4. The van der Waals surface area contributed by atoms with E-state index in [1.54, 1.807) is 13.0 Å². The summed E-state index contributed by atoms with van der Waals surface area (Å²) >= 11 is 0. The first-order chi connectivity index (χ1) is 12.6. The number of hydrogen-bond acceptors (Lipinski definition) is 4. The minimum Gasteiger partial charge on any atom is -0.460 e. The maximum atomic E-state index is 11.4. The van der Waals surface area contributed by atoms with Crippen LogP contribution in [0.2, 0.25) is 0 Å². The summed E-state index contributed by atoms with van der Waals surface area (Å²) in [5.41, 5.74) is 2.10. The average molecular weight is 354 g/mol. The Morgan fingerprint density at radius 3 is 1.92 bits per heavy atom. The maximum Gasteiger partial charge on any atom is 0.302 e. The second-order valence-electron chi connectivity index (χ2n) is 6.07. The molecular weight excluding hydrogens is 328 g/mol. The standard InChI is InChI=1S/C22H26O4/c1-4-21(24-15-19-11-7-5-8-12-19)22(17(2)26-18(3)23)25-16-20-13-9-6-10-14-20/h4-14,17,21-22H,1,15-16H2,2-3H3/t17-,21-,22-/m0/s1. The predicted octanol–water partition coefficient (Wildman–Crippen LogP) is 4.29. The minimum atomic E-state index is -0.463. The SMILES string of the molecule is C=C[C@H](OCc1ccccc1)[C@@H](OCc1ccccc1)[C@H](C)OC(C)=O. The van der Waals surface area contributed by atoms with Crippen LogP contribution in [-0.4, -0.2) is 24.3 Å². The lowest BCUT2D eigenvalue weighted by Gasteiger charge is -2.29. The molecule has 0 spiro atoms. The summed E-state index contributed by atoms with van der Waals surface area (Å²) in [7, 11) is 0. The van der Waals surface area contributed by atoms with Crippen LogP contribution in [-0.2, 0) is 32.2 Å². The fourth-order valence-corrected chi connectivity index (χ4v) is 2.66. The monoisotopic (exact) mass is 354 g/mol. The molecule has 3 atom stereocenters. The van der Waals surface area contributed by atoms with Crippen molar-refractivity contribution in [3.63, 3.8) is 0 Å². The molecule has 2 aromatic rings. The van der Waals surface area contributed by atoms with Crippen LogP contribution < -0.4 is 0 Å². The van der Waals surface area contributed by atoms with Crippen LogP contribution in [0.3, 0.4) is 0 Å². The summed E-state index contributed by atoms with van der Waals surface area (Å²) < 4.78 is 17.4. The van der Waals surface area contributed by atoms with Crippen molar-refractivity contribution < 1.29 is 19.0 Å². The van der Waals surface area contributed by atoms with E-state index in [-0.39, 0.29) is 5.97 Å². The average Bonchev–Trinajstić information content (AvgIpc) is 2.65. The zero-order chi connectivity index (χ0) is 18.8. The van der Waals surface area contributed by atoms with Gasteiger partial charge in [0.1, 0.15) is 18.3 Å². The molecule has 0 saturated carbocycles. The number of ether oxygens (including phenoxy) is 3. The van der Waals surface area contributed by atoms with Crippen LogP contribution in [0.25, 0.3) is 0 Å². The Morgan fingerprint density at radius 1 is 0.962 bits per heavy atom. The van der Waals surface area contributed by atoms with E-state index in [1.807, 2.05) is 60.7 Å². The summed E-state index contributed by atoms with van der Waals surface area (Å²) in [6.07, 6.45) is 0.363. The zero-order valence-electron chi connectivity index (χ0n) is 15.3. The van der Waals surface area contributed by atoms with Gasteiger partial charge in [0.15, 0.2) is 0 Å². The third-order valence-corrected chi connectivity index (χ3v) is 3.94. The van der Waals surface area contributed by atoms with E-state index in [4.69, 9.17) is 14.2 Å². The van der Waals surface area contributed by atoms with Gasteiger partial charge in [0, 0.05) is 6.92 Å². The molecule has 0 unspecified atom stereocenters. The van der Waals surface area contributed by atoms with E-state index < -0.39 is 18.3 Å². The molecule has 0 aliphatic carbocycles. The van der Waals surface area contributed by atoms with Crippen LogP contribution in [0.1, 0.15) is 25.0 Å². The molecule has 2 aromatic carbocycles. The zero-order valence-corrected chi connectivity index (χ0v) is 15.3. The van der Waals surface area contributed by atoms with Gasteiger partial charge < -0.3 is 14.2 Å². The molecule has 0 radical (unpaired) electrons. The molecule has 4 heteroatoms. The summed E-state index contributed by atoms with van der Waals surface area (Å²) in [6.45, 7) is 7.88. The first kappa shape index (κ1) is 19.9. The molecular formula is C22H26O4. The molecule has 138 valence electrons. The van der Waals surface area contributed by atoms with Gasteiger partial charge in [-0.3, -0.25) is 4.79 Å². The number of rotatable bonds is 10. The summed E-state index contributed by atoms with van der Waals surface area (Å²) in [6, 6.07) is 19.7. The normalized spacial score (nSPS) is 14.2. The van der Waals surface area contributed by atoms with E-state index in [1.165, 1.54) is 6.92 Å². The molecule has 0 fully saturated rings. The second kappa shape index (κ2) is 10.5. The molecule has 0 aliphatic rings. The molecule has 0 bridgehead atoms. The van der Waals surface area contributed by atoms with Crippen molar-refractivity contribution in [2.45, 2.75) is 45.4 Å². The van der Waals surface area contributed by atoms with Gasteiger partial charge in [0.05, 0.1) is 13.2 Å². The van der Waals surface area contributed by atoms with Crippen molar-refractivity contribution in [1.29, 1.82) is 0 Å². The Balaban J connectivity index is 2.05. The first-order valence-electron chi connectivity index (χ1n) is 8.71. The Kier molecular flexibility index (Phi) is 8.06. The summed E-state index contributed by atoms with van der Waals surface area (Å²) in [4.78, 5) is 11.4. The molecule has 2 rings (SSSR count). The highest BCUT2D eigenvalue weighted by Crippen LogP contribution is 2.17. The van der Waals surface area contributed by atoms with Crippen molar-refractivity contribution in [1.82, 2.24) is 0 Å². The Morgan fingerprint density at radius 2 is 1.46 bits per heavy atom. The molecule has 0 saturated heterocycles. The molecule has 0 amide bonds.